The summed E-state index contributed by atoms with van der Waals surface area (Å²) in [5.41, 5.74) is 1.08. The highest BCUT2D eigenvalue weighted by Crippen LogP contribution is 2.22. The minimum Gasteiger partial charge on any atom is -0.497 e. The molecule has 0 atom stereocenters. The molecule has 0 radical (unpaired) electrons. The fourth-order valence-electron chi connectivity index (χ4n) is 2.32. The van der Waals surface area contributed by atoms with Gasteiger partial charge < -0.3 is 24.3 Å². The fourth-order valence-corrected chi connectivity index (χ4v) is 2.32. The average molecular weight is 373 g/mol. The van der Waals surface area contributed by atoms with Gasteiger partial charge in [-0.25, -0.2) is 0 Å². The molecule has 2 rings (SSSR count). The maximum atomic E-state index is 12.2. The van der Waals surface area contributed by atoms with Crippen molar-refractivity contribution in [3.63, 3.8) is 0 Å². The van der Waals surface area contributed by atoms with E-state index in [0.29, 0.717) is 29.4 Å². The van der Waals surface area contributed by atoms with Crippen molar-refractivity contribution in [2.24, 2.45) is 0 Å². The summed E-state index contributed by atoms with van der Waals surface area (Å²) in [7, 11) is 2.99. The van der Waals surface area contributed by atoms with E-state index in [4.69, 9.17) is 18.9 Å². The highest BCUT2D eigenvalue weighted by molar-refractivity contribution is 5.96. The van der Waals surface area contributed by atoms with Gasteiger partial charge in [-0.1, -0.05) is 18.2 Å². The summed E-state index contributed by atoms with van der Waals surface area (Å²) in [6, 6.07) is 12.1. The second kappa shape index (κ2) is 10.1. The Kier molecular flexibility index (Phi) is 7.49. The predicted octanol–water partition coefficient (Wildman–Crippen LogP) is 2.58. The number of esters is 1. The summed E-state index contributed by atoms with van der Waals surface area (Å²) in [6.45, 7) is 2.21. The van der Waals surface area contributed by atoms with Gasteiger partial charge in [0.15, 0.2) is 0 Å². The fraction of sp³-hybridized carbons (Fsp3) is 0.300. The summed E-state index contributed by atoms with van der Waals surface area (Å²) < 4.78 is 20.9. The van der Waals surface area contributed by atoms with Crippen molar-refractivity contribution in [1.29, 1.82) is 0 Å². The number of para-hydroxylation sites is 1. The van der Waals surface area contributed by atoms with E-state index in [9.17, 15) is 9.59 Å². The Bertz CT molecular complexity index is 768. The molecule has 0 aliphatic rings. The topological polar surface area (TPSA) is 83.1 Å². The molecule has 0 fully saturated rings. The van der Waals surface area contributed by atoms with Crippen LogP contribution in [0.1, 0.15) is 22.8 Å². The smallest absolute Gasteiger partial charge is 0.325 e. The quantitative estimate of drug-likeness (QED) is 0.680. The van der Waals surface area contributed by atoms with E-state index in [-0.39, 0.29) is 13.2 Å². The van der Waals surface area contributed by atoms with E-state index in [2.05, 4.69) is 5.32 Å². The van der Waals surface area contributed by atoms with Gasteiger partial charge in [-0.2, -0.15) is 0 Å². The molecule has 1 N–H and O–H groups in total. The Balaban J connectivity index is 1.89. The number of hydrogen-bond donors (Lipinski definition) is 1. The number of methoxy groups -OCH3 is 2. The lowest BCUT2D eigenvalue weighted by Crippen LogP contribution is -2.30. The van der Waals surface area contributed by atoms with Crippen molar-refractivity contribution in [3.8, 4) is 17.2 Å². The first-order valence-corrected chi connectivity index (χ1v) is 8.45. The number of rotatable bonds is 9. The predicted molar refractivity (Wildman–Crippen MR) is 99.3 cm³/mol. The second-order valence-electron chi connectivity index (χ2n) is 5.49. The van der Waals surface area contributed by atoms with E-state index >= 15 is 0 Å². The van der Waals surface area contributed by atoms with Crippen molar-refractivity contribution < 1.29 is 28.5 Å². The molecule has 7 heteroatoms. The Morgan fingerprint density at radius 2 is 1.67 bits per heavy atom. The van der Waals surface area contributed by atoms with E-state index in [0.717, 1.165) is 5.56 Å². The van der Waals surface area contributed by atoms with E-state index < -0.39 is 11.9 Å². The van der Waals surface area contributed by atoms with Gasteiger partial charge in [0.2, 0.25) is 0 Å². The van der Waals surface area contributed by atoms with Crippen LogP contribution in [-0.2, 0) is 16.1 Å². The number of ether oxygens (including phenoxy) is 4. The molecule has 1 amide bonds. The van der Waals surface area contributed by atoms with Gasteiger partial charge in [0, 0.05) is 17.2 Å². The van der Waals surface area contributed by atoms with Crippen LogP contribution < -0.4 is 19.5 Å². The van der Waals surface area contributed by atoms with Gasteiger partial charge in [0.25, 0.3) is 5.91 Å². The molecule has 0 heterocycles. The maximum Gasteiger partial charge on any atom is 0.325 e. The Morgan fingerprint density at radius 3 is 2.30 bits per heavy atom. The number of hydrogen-bond acceptors (Lipinski definition) is 6. The zero-order valence-corrected chi connectivity index (χ0v) is 15.6. The van der Waals surface area contributed by atoms with E-state index in [1.165, 1.54) is 14.2 Å². The van der Waals surface area contributed by atoms with E-state index in [1.54, 1.807) is 18.2 Å². The molecule has 0 bridgehead atoms. The summed E-state index contributed by atoms with van der Waals surface area (Å²) in [4.78, 5) is 24.2. The molecule has 7 nitrogen and oxygen atoms in total. The van der Waals surface area contributed by atoms with Crippen LogP contribution in [0.15, 0.2) is 42.5 Å². The normalized spacial score (nSPS) is 10.0. The van der Waals surface area contributed by atoms with Gasteiger partial charge >= 0.3 is 5.97 Å². The molecule has 27 heavy (non-hydrogen) atoms. The molecule has 0 aliphatic heterocycles. The highest BCUT2D eigenvalue weighted by Gasteiger charge is 2.13. The average Bonchev–Trinajstić information content (AvgIpc) is 2.71. The van der Waals surface area contributed by atoms with Crippen LogP contribution in [0.3, 0.4) is 0 Å². The molecule has 144 valence electrons. The van der Waals surface area contributed by atoms with Gasteiger partial charge in [-0.05, 0) is 25.1 Å². The third-order valence-electron chi connectivity index (χ3n) is 3.67. The minimum atomic E-state index is -0.551. The number of carbonyl (C=O) groups is 2. The first kappa shape index (κ1) is 20.1. The van der Waals surface area contributed by atoms with Crippen LogP contribution in [-0.4, -0.2) is 39.2 Å². The Hall–Kier alpha value is -3.22. The lowest BCUT2D eigenvalue weighted by Gasteiger charge is -2.11. The Morgan fingerprint density at radius 1 is 1.00 bits per heavy atom. The molecule has 0 unspecified atom stereocenters. The SMILES string of the molecule is CCOc1ccccc1COC(=O)CNC(=O)c1cc(OC)cc(OC)c1. The largest absolute Gasteiger partial charge is 0.497 e. The first-order valence-electron chi connectivity index (χ1n) is 8.45. The van der Waals surface area contributed by atoms with E-state index in [1.807, 2.05) is 31.2 Å². The third-order valence-corrected chi connectivity index (χ3v) is 3.67. The number of amides is 1. The van der Waals surface area contributed by atoms with Gasteiger partial charge in [0.05, 0.1) is 20.8 Å². The molecular formula is C20H23NO6. The summed E-state index contributed by atoms with van der Waals surface area (Å²) >= 11 is 0. The molecule has 0 spiro atoms. The van der Waals surface area contributed by atoms with Crippen molar-refractivity contribution in [1.82, 2.24) is 5.32 Å². The lowest BCUT2D eigenvalue weighted by molar-refractivity contribution is -0.143. The molecule has 2 aromatic carbocycles. The maximum absolute atomic E-state index is 12.2. The number of benzene rings is 2. The van der Waals surface area contributed by atoms with Crippen LogP contribution in [0.2, 0.25) is 0 Å². The molecular weight excluding hydrogens is 350 g/mol. The lowest BCUT2D eigenvalue weighted by atomic mass is 10.2. The monoisotopic (exact) mass is 373 g/mol. The zero-order valence-electron chi connectivity index (χ0n) is 15.6. The van der Waals surface area contributed by atoms with Crippen LogP contribution in [0.5, 0.6) is 17.2 Å². The molecule has 0 aliphatic carbocycles. The van der Waals surface area contributed by atoms with Crippen molar-refractivity contribution in [3.05, 3.63) is 53.6 Å². The second-order valence-corrected chi connectivity index (χ2v) is 5.49. The summed E-state index contributed by atoms with van der Waals surface area (Å²) in [5, 5.41) is 2.52. The first-order chi connectivity index (χ1) is 13.1. The number of carbonyl (C=O) groups excluding carboxylic acids is 2. The van der Waals surface area contributed by atoms with Gasteiger partial charge in [-0.3, -0.25) is 9.59 Å². The summed E-state index contributed by atoms with van der Waals surface area (Å²) in [6.07, 6.45) is 0. The van der Waals surface area contributed by atoms with Crippen LogP contribution in [0.25, 0.3) is 0 Å². The van der Waals surface area contributed by atoms with Crippen molar-refractivity contribution in [2.45, 2.75) is 13.5 Å². The van der Waals surface area contributed by atoms with Gasteiger partial charge in [-0.15, -0.1) is 0 Å². The number of nitrogens with one attached hydrogen (secondary N) is 1. The van der Waals surface area contributed by atoms with Crippen molar-refractivity contribution >= 4 is 11.9 Å². The molecule has 0 aromatic heterocycles. The minimum absolute atomic E-state index is 0.0673. The molecule has 0 saturated carbocycles. The highest BCUT2D eigenvalue weighted by atomic mass is 16.5. The van der Waals surface area contributed by atoms with Gasteiger partial charge in [0.1, 0.15) is 30.4 Å². The Labute approximate surface area is 158 Å². The van der Waals surface area contributed by atoms with Crippen molar-refractivity contribution in [2.75, 3.05) is 27.4 Å². The standard InChI is InChI=1S/C20H23NO6/c1-4-26-18-8-6-5-7-14(18)13-27-19(22)12-21-20(23)15-9-16(24-2)11-17(10-15)25-3/h5-11H,4,12-13H2,1-3H3,(H,21,23). The van der Waals surface area contributed by atoms with Crippen LogP contribution >= 0.6 is 0 Å². The molecule has 0 saturated heterocycles. The molecule has 2 aromatic rings. The summed E-state index contributed by atoms with van der Waals surface area (Å²) in [5.74, 6) is 0.646. The van der Waals surface area contributed by atoms with Crippen LogP contribution in [0.4, 0.5) is 0 Å². The third kappa shape index (κ3) is 5.91. The zero-order chi connectivity index (χ0) is 19.6. The van der Waals surface area contributed by atoms with Crippen LogP contribution in [0, 0.1) is 0 Å².